The predicted molar refractivity (Wildman–Crippen MR) is 100 cm³/mol. The number of halogens is 1. The van der Waals surface area contributed by atoms with E-state index in [-0.39, 0.29) is 23.9 Å². The molecule has 0 spiro atoms. The van der Waals surface area contributed by atoms with Crippen molar-refractivity contribution in [2.75, 3.05) is 20.8 Å². The van der Waals surface area contributed by atoms with Crippen molar-refractivity contribution in [1.82, 2.24) is 0 Å². The molecule has 134 valence electrons. The zero-order valence-electron chi connectivity index (χ0n) is 14.3. The number of phenols is 1. The number of hydrogen-bond donors (Lipinski definition) is 1. The molecule has 0 saturated heterocycles. The van der Waals surface area contributed by atoms with Crippen LogP contribution in [0.3, 0.4) is 0 Å². The van der Waals surface area contributed by atoms with Gasteiger partial charge in [0.15, 0.2) is 28.8 Å². The van der Waals surface area contributed by atoms with Crippen LogP contribution in [0.2, 0.25) is 5.02 Å². The fraction of sp³-hybridized carbons (Fsp3) is 0.150. The van der Waals surface area contributed by atoms with Gasteiger partial charge in [-0.25, -0.2) is 0 Å². The number of ether oxygens (including phenoxy) is 3. The SMILES string of the molecule is C#CCOc1c(Cl)cc(/C=C/C(=O)c2ccc(O)c(OC)c2)cc1OC. The molecule has 2 aromatic rings. The van der Waals surface area contributed by atoms with E-state index in [0.29, 0.717) is 27.6 Å². The number of terminal acetylenes is 1. The molecular formula is C20H17ClO5. The van der Waals surface area contributed by atoms with Crippen LogP contribution >= 0.6 is 11.6 Å². The molecule has 0 unspecified atom stereocenters. The van der Waals surface area contributed by atoms with Crippen LogP contribution in [0, 0.1) is 12.3 Å². The van der Waals surface area contributed by atoms with Crippen LogP contribution < -0.4 is 14.2 Å². The van der Waals surface area contributed by atoms with Crippen molar-refractivity contribution >= 4 is 23.5 Å². The average molecular weight is 373 g/mol. The molecule has 0 bridgehead atoms. The quantitative estimate of drug-likeness (QED) is 0.452. The minimum atomic E-state index is -0.258. The molecule has 0 radical (unpaired) electrons. The number of hydrogen-bond acceptors (Lipinski definition) is 5. The van der Waals surface area contributed by atoms with Crippen molar-refractivity contribution < 1.29 is 24.1 Å². The number of aromatic hydroxyl groups is 1. The van der Waals surface area contributed by atoms with Crippen LogP contribution in [0.1, 0.15) is 15.9 Å². The zero-order chi connectivity index (χ0) is 19.1. The minimum Gasteiger partial charge on any atom is -0.504 e. The highest BCUT2D eigenvalue weighted by atomic mass is 35.5. The fourth-order valence-electron chi connectivity index (χ4n) is 2.19. The second-order valence-corrected chi connectivity index (χ2v) is 5.52. The van der Waals surface area contributed by atoms with Gasteiger partial charge in [0.1, 0.15) is 6.61 Å². The van der Waals surface area contributed by atoms with Crippen molar-refractivity contribution in [3.05, 3.63) is 52.6 Å². The van der Waals surface area contributed by atoms with E-state index in [1.807, 2.05) is 0 Å². The number of carbonyl (C=O) groups excluding carboxylic acids is 1. The third kappa shape index (κ3) is 4.50. The van der Waals surface area contributed by atoms with Gasteiger partial charge in [-0.15, -0.1) is 6.42 Å². The van der Waals surface area contributed by atoms with E-state index in [1.165, 1.54) is 38.5 Å². The van der Waals surface area contributed by atoms with Crippen molar-refractivity contribution in [2.24, 2.45) is 0 Å². The monoisotopic (exact) mass is 372 g/mol. The second kappa shape index (κ2) is 8.84. The van der Waals surface area contributed by atoms with E-state index in [9.17, 15) is 9.90 Å². The molecule has 2 aromatic carbocycles. The van der Waals surface area contributed by atoms with Gasteiger partial charge in [0.25, 0.3) is 0 Å². The van der Waals surface area contributed by atoms with Crippen LogP contribution in [0.5, 0.6) is 23.0 Å². The van der Waals surface area contributed by atoms with E-state index < -0.39 is 0 Å². The van der Waals surface area contributed by atoms with Crippen molar-refractivity contribution in [1.29, 1.82) is 0 Å². The van der Waals surface area contributed by atoms with Gasteiger partial charge < -0.3 is 19.3 Å². The maximum Gasteiger partial charge on any atom is 0.185 e. The third-order valence-corrected chi connectivity index (χ3v) is 3.72. The largest absolute Gasteiger partial charge is 0.504 e. The molecule has 0 saturated carbocycles. The van der Waals surface area contributed by atoms with Crippen LogP contribution in [-0.4, -0.2) is 31.7 Å². The van der Waals surface area contributed by atoms with Gasteiger partial charge in [-0.3, -0.25) is 4.79 Å². The smallest absolute Gasteiger partial charge is 0.185 e. The Morgan fingerprint density at radius 1 is 1.23 bits per heavy atom. The van der Waals surface area contributed by atoms with Gasteiger partial charge in [-0.1, -0.05) is 23.6 Å². The summed E-state index contributed by atoms with van der Waals surface area (Å²) < 4.78 is 15.6. The number of rotatable bonds is 7. The summed E-state index contributed by atoms with van der Waals surface area (Å²) in [5.74, 6) is 3.04. The van der Waals surface area contributed by atoms with Gasteiger partial charge in [-0.2, -0.15) is 0 Å². The first kappa shape index (κ1) is 19.2. The summed E-state index contributed by atoms with van der Waals surface area (Å²) in [7, 11) is 2.90. The van der Waals surface area contributed by atoms with E-state index in [2.05, 4.69) is 5.92 Å². The van der Waals surface area contributed by atoms with E-state index in [1.54, 1.807) is 18.2 Å². The molecule has 0 aromatic heterocycles. The van der Waals surface area contributed by atoms with E-state index in [0.717, 1.165) is 0 Å². The standard InChI is InChI=1S/C20H17ClO5/c1-4-9-26-20-15(21)10-13(11-19(20)25-3)5-7-16(22)14-6-8-17(23)18(12-14)24-2/h1,5-8,10-12,23H,9H2,2-3H3/b7-5+. The predicted octanol–water partition coefficient (Wildman–Crippen LogP) is 3.97. The Bertz CT molecular complexity index is 881. The van der Waals surface area contributed by atoms with Crippen molar-refractivity contribution in [3.63, 3.8) is 0 Å². The van der Waals surface area contributed by atoms with Crippen LogP contribution in [0.25, 0.3) is 6.08 Å². The Hall–Kier alpha value is -3.10. The Morgan fingerprint density at radius 2 is 1.96 bits per heavy atom. The lowest BCUT2D eigenvalue weighted by atomic mass is 10.1. The number of benzene rings is 2. The molecule has 26 heavy (non-hydrogen) atoms. The number of allylic oxidation sites excluding steroid dienone is 1. The minimum absolute atomic E-state index is 0.0351. The Labute approximate surface area is 156 Å². The molecule has 2 rings (SSSR count). The number of carbonyl (C=O) groups is 1. The lowest BCUT2D eigenvalue weighted by Gasteiger charge is -2.11. The van der Waals surface area contributed by atoms with Crippen molar-refractivity contribution in [2.45, 2.75) is 0 Å². The highest BCUT2D eigenvalue weighted by Gasteiger charge is 2.12. The Balaban J connectivity index is 2.26. The molecule has 5 nitrogen and oxygen atoms in total. The third-order valence-electron chi connectivity index (χ3n) is 3.44. The molecule has 0 fully saturated rings. The lowest BCUT2D eigenvalue weighted by molar-refractivity contribution is 0.104. The Morgan fingerprint density at radius 3 is 2.62 bits per heavy atom. The Kier molecular flexibility index (Phi) is 6.54. The summed E-state index contributed by atoms with van der Waals surface area (Å²) in [6.45, 7) is 0.0619. The van der Waals surface area contributed by atoms with Gasteiger partial charge in [0.05, 0.1) is 19.2 Å². The highest BCUT2D eigenvalue weighted by Crippen LogP contribution is 2.36. The molecule has 0 aliphatic heterocycles. The van der Waals surface area contributed by atoms with E-state index in [4.69, 9.17) is 32.2 Å². The summed E-state index contributed by atoms with van der Waals surface area (Å²) in [5.41, 5.74) is 1.03. The van der Waals surface area contributed by atoms with Gasteiger partial charge in [0, 0.05) is 5.56 Å². The summed E-state index contributed by atoms with van der Waals surface area (Å²) in [4.78, 5) is 12.3. The molecule has 0 atom stereocenters. The molecule has 1 N–H and O–H groups in total. The maximum atomic E-state index is 12.3. The summed E-state index contributed by atoms with van der Waals surface area (Å²) in [6.07, 6.45) is 8.17. The number of ketones is 1. The van der Waals surface area contributed by atoms with Crippen LogP contribution in [-0.2, 0) is 0 Å². The molecular weight excluding hydrogens is 356 g/mol. The fourth-order valence-corrected chi connectivity index (χ4v) is 2.46. The van der Waals surface area contributed by atoms with E-state index >= 15 is 0 Å². The van der Waals surface area contributed by atoms with Crippen LogP contribution in [0.4, 0.5) is 0 Å². The van der Waals surface area contributed by atoms with Gasteiger partial charge in [-0.05, 0) is 42.0 Å². The summed E-state index contributed by atoms with van der Waals surface area (Å²) >= 11 is 6.20. The molecule has 0 aliphatic carbocycles. The maximum absolute atomic E-state index is 12.3. The summed E-state index contributed by atoms with van der Waals surface area (Å²) in [6, 6.07) is 7.69. The molecule has 0 amide bonds. The first-order valence-electron chi connectivity index (χ1n) is 7.53. The number of methoxy groups -OCH3 is 2. The molecule has 6 heteroatoms. The van der Waals surface area contributed by atoms with Crippen molar-refractivity contribution in [3.8, 4) is 35.3 Å². The van der Waals surface area contributed by atoms with Gasteiger partial charge in [0.2, 0.25) is 0 Å². The topological polar surface area (TPSA) is 65.0 Å². The first-order valence-corrected chi connectivity index (χ1v) is 7.91. The normalized spacial score (nSPS) is 10.4. The lowest BCUT2D eigenvalue weighted by Crippen LogP contribution is -1.98. The second-order valence-electron chi connectivity index (χ2n) is 5.11. The van der Waals surface area contributed by atoms with Gasteiger partial charge >= 0.3 is 0 Å². The zero-order valence-corrected chi connectivity index (χ0v) is 15.0. The molecule has 0 aliphatic rings. The average Bonchev–Trinajstić information content (AvgIpc) is 2.65. The molecule has 0 heterocycles. The highest BCUT2D eigenvalue weighted by molar-refractivity contribution is 6.32. The number of phenolic OH excluding ortho intramolecular Hbond substituents is 1. The summed E-state index contributed by atoms with van der Waals surface area (Å²) in [5, 5.41) is 9.91. The first-order chi connectivity index (χ1) is 12.5. The van der Waals surface area contributed by atoms with Crippen LogP contribution in [0.15, 0.2) is 36.4 Å².